The fraction of sp³-hybridized carbons (Fsp3) is 0.529. The normalized spacial score (nSPS) is 11.9. The molecule has 3 heteroatoms. The lowest BCUT2D eigenvalue weighted by molar-refractivity contribution is 0.285. The number of rotatable bonds is 10. The molecule has 1 aromatic carbocycles. The summed E-state index contributed by atoms with van der Waals surface area (Å²) in [6.45, 7) is 6.44. The first-order valence-corrected chi connectivity index (χ1v) is 7.33. The van der Waals surface area contributed by atoms with Gasteiger partial charge in [-0.25, -0.2) is 0 Å². The van der Waals surface area contributed by atoms with Gasteiger partial charge in [-0.2, -0.15) is 0 Å². The van der Waals surface area contributed by atoms with Gasteiger partial charge in [-0.05, 0) is 56.7 Å². The Morgan fingerprint density at radius 3 is 2.70 bits per heavy atom. The third-order valence-electron chi connectivity index (χ3n) is 3.10. The molecule has 0 fully saturated rings. The molecule has 3 nitrogen and oxygen atoms in total. The van der Waals surface area contributed by atoms with Gasteiger partial charge < -0.3 is 15.2 Å². The van der Waals surface area contributed by atoms with Gasteiger partial charge in [0.2, 0.25) is 0 Å². The van der Waals surface area contributed by atoms with E-state index in [1.807, 2.05) is 25.1 Å². The number of allylic oxidation sites excluding steroid dienone is 1. The lowest BCUT2D eigenvalue weighted by atomic mass is 10.1. The highest BCUT2D eigenvalue weighted by atomic mass is 16.5. The Morgan fingerprint density at radius 1 is 1.25 bits per heavy atom. The highest BCUT2D eigenvalue weighted by Crippen LogP contribution is 2.28. The van der Waals surface area contributed by atoms with Gasteiger partial charge >= 0.3 is 0 Å². The maximum Gasteiger partial charge on any atom is 0.161 e. The fourth-order valence-electron chi connectivity index (χ4n) is 2.08. The Labute approximate surface area is 122 Å². The molecule has 0 heterocycles. The number of methoxy groups -OCH3 is 1. The summed E-state index contributed by atoms with van der Waals surface area (Å²) in [4.78, 5) is 0. The maximum atomic E-state index is 5.81. The van der Waals surface area contributed by atoms with E-state index in [0.29, 0.717) is 0 Å². The molecule has 2 N–H and O–H groups in total. The van der Waals surface area contributed by atoms with E-state index in [2.05, 4.69) is 12.6 Å². The van der Waals surface area contributed by atoms with Crippen molar-refractivity contribution in [2.24, 2.45) is 5.73 Å². The molecule has 0 aliphatic heterocycles. The van der Waals surface area contributed by atoms with E-state index in [4.69, 9.17) is 15.2 Å². The summed E-state index contributed by atoms with van der Waals surface area (Å²) in [5.41, 5.74) is 6.99. The van der Waals surface area contributed by atoms with Gasteiger partial charge in [0, 0.05) is 6.04 Å². The van der Waals surface area contributed by atoms with Crippen molar-refractivity contribution in [3.05, 3.63) is 36.4 Å². The molecule has 20 heavy (non-hydrogen) atoms. The minimum atomic E-state index is 0.149. The van der Waals surface area contributed by atoms with Crippen molar-refractivity contribution >= 4 is 0 Å². The molecule has 0 aromatic heterocycles. The van der Waals surface area contributed by atoms with Gasteiger partial charge in [0.25, 0.3) is 0 Å². The molecule has 0 spiro atoms. The van der Waals surface area contributed by atoms with Gasteiger partial charge in [0.15, 0.2) is 11.5 Å². The minimum Gasteiger partial charge on any atom is -0.493 e. The molecule has 1 rings (SSSR count). The van der Waals surface area contributed by atoms with Crippen molar-refractivity contribution in [1.29, 1.82) is 0 Å². The summed E-state index contributed by atoms with van der Waals surface area (Å²) in [5, 5.41) is 0. The lowest BCUT2D eigenvalue weighted by Crippen LogP contribution is -2.17. The van der Waals surface area contributed by atoms with E-state index in [1.165, 1.54) is 12.0 Å². The summed E-state index contributed by atoms with van der Waals surface area (Å²) in [6, 6.07) is 6.19. The van der Waals surface area contributed by atoms with E-state index in [9.17, 15) is 0 Å². The summed E-state index contributed by atoms with van der Waals surface area (Å²) >= 11 is 0. The summed E-state index contributed by atoms with van der Waals surface area (Å²) < 4.78 is 11.2. The first-order valence-electron chi connectivity index (χ1n) is 7.33. The van der Waals surface area contributed by atoms with E-state index in [-0.39, 0.29) is 6.04 Å². The average molecular weight is 277 g/mol. The number of hydrogen-bond acceptors (Lipinski definition) is 3. The smallest absolute Gasteiger partial charge is 0.161 e. The zero-order valence-electron chi connectivity index (χ0n) is 12.7. The van der Waals surface area contributed by atoms with Gasteiger partial charge in [-0.3, -0.25) is 0 Å². The number of ether oxygens (including phenoxy) is 2. The number of benzene rings is 1. The van der Waals surface area contributed by atoms with Crippen LogP contribution < -0.4 is 15.2 Å². The van der Waals surface area contributed by atoms with Crippen LogP contribution in [0, 0.1) is 0 Å². The maximum absolute atomic E-state index is 5.81. The third-order valence-corrected chi connectivity index (χ3v) is 3.10. The van der Waals surface area contributed by atoms with Crippen molar-refractivity contribution in [2.75, 3.05) is 13.7 Å². The Balaban J connectivity index is 2.46. The largest absolute Gasteiger partial charge is 0.493 e. The molecule has 0 bridgehead atoms. The molecule has 0 amide bonds. The predicted octanol–water partition coefficient (Wildman–Crippen LogP) is 3.71. The van der Waals surface area contributed by atoms with Crippen molar-refractivity contribution in [1.82, 2.24) is 0 Å². The average Bonchev–Trinajstić information content (AvgIpc) is 2.43. The molecule has 0 aliphatic carbocycles. The van der Waals surface area contributed by atoms with Crippen LogP contribution in [-0.4, -0.2) is 19.8 Å². The highest BCUT2D eigenvalue weighted by Gasteiger charge is 2.07. The third kappa shape index (κ3) is 6.11. The van der Waals surface area contributed by atoms with Crippen molar-refractivity contribution in [3.8, 4) is 11.5 Å². The van der Waals surface area contributed by atoms with Crippen LogP contribution in [0.4, 0.5) is 0 Å². The van der Waals surface area contributed by atoms with E-state index in [0.717, 1.165) is 43.8 Å². The van der Waals surface area contributed by atoms with Crippen LogP contribution in [0.3, 0.4) is 0 Å². The molecule has 1 unspecified atom stereocenters. The Bertz CT molecular complexity index is 402. The Hall–Kier alpha value is -1.48. The highest BCUT2D eigenvalue weighted by molar-refractivity contribution is 5.43. The first kappa shape index (κ1) is 16.6. The molecule has 0 saturated heterocycles. The molecule has 112 valence electrons. The standard InChI is InChI=1S/C17H27NO2/c1-4-5-6-7-8-11-20-16-10-9-15(12-14(2)18)13-17(16)19-3/h4,9-10,13-14H,1,5-8,11-12,18H2,2-3H3. The Kier molecular flexibility index (Phi) is 7.81. The second-order valence-electron chi connectivity index (χ2n) is 5.15. The van der Waals surface area contributed by atoms with Crippen LogP contribution in [0.1, 0.15) is 38.2 Å². The van der Waals surface area contributed by atoms with E-state index in [1.54, 1.807) is 7.11 Å². The zero-order valence-corrected chi connectivity index (χ0v) is 12.7. The topological polar surface area (TPSA) is 44.5 Å². The molecule has 0 aliphatic rings. The summed E-state index contributed by atoms with van der Waals surface area (Å²) in [5.74, 6) is 1.60. The van der Waals surface area contributed by atoms with Crippen LogP contribution in [0.5, 0.6) is 11.5 Å². The molecular weight excluding hydrogens is 250 g/mol. The second-order valence-corrected chi connectivity index (χ2v) is 5.15. The van der Waals surface area contributed by atoms with Crippen molar-refractivity contribution in [2.45, 2.75) is 45.1 Å². The Morgan fingerprint density at radius 2 is 2.05 bits per heavy atom. The van der Waals surface area contributed by atoms with Crippen molar-refractivity contribution in [3.63, 3.8) is 0 Å². The second kappa shape index (κ2) is 9.43. The quantitative estimate of drug-likeness (QED) is 0.524. The summed E-state index contributed by atoms with van der Waals surface area (Å²) in [7, 11) is 1.67. The lowest BCUT2D eigenvalue weighted by Gasteiger charge is -2.13. The fourth-order valence-corrected chi connectivity index (χ4v) is 2.08. The first-order chi connectivity index (χ1) is 9.67. The van der Waals surface area contributed by atoms with Crippen LogP contribution in [-0.2, 0) is 6.42 Å². The van der Waals surface area contributed by atoms with Gasteiger partial charge in [0.1, 0.15) is 0 Å². The van der Waals surface area contributed by atoms with Gasteiger partial charge in [-0.15, -0.1) is 6.58 Å². The summed E-state index contributed by atoms with van der Waals surface area (Å²) in [6.07, 6.45) is 7.28. The van der Waals surface area contributed by atoms with Crippen LogP contribution in [0.25, 0.3) is 0 Å². The van der Waals surface area contributed by atoms with Crippen LogP contribution in [0.2, 0.25) is 0 Å². The van der Waals surface area contributed by atoms with E-state index >= 15 is 0 Å². The molecule has 0 saturated carbocycles. The van der Waals surface area contributed by atoms with E-state index < -0.39 is 0 Å². The monoisotopic (exact) mass is 277 g/mol. The SMILES string of the molecule is C=CCCCCCOc1ccc(CC(C)N)cc1OC. The molecular formula is C17H27NO2. The molecule has 0 radical (unpaired) electrons. The number of hydrogen-bond donors (Lipinski definition) is 1. The van der Waals surface area contributed by atoms with Gasteiger partial charge in [0.05, 0.1) is 13.7 Å². The number of unbranched alkanes of at least 4 members (excludes halogenated alkanes) is 3. The minimum absolute atomic E-state index is 0.149. The van der Waals surface area contributed by atoms with Crippen LogP contribution >= 0.6 is 0 Å². The number of nitrogens with two attached hydrogens (primary N) is 1. The molecule has 1 aromatic rings. The van der Waals surface area contributed by atoms with Crippen LogP contribution in [0.15, 0.2) is 30.9 Å². The molecule has 1 atom stereocenters. The zero-order chi connectivity index (χ0) is 14.8. The predicted molar refractivity (Wildman–Crippen MR) is 84.5 cm³/mol. The van der Waals surface area contributed by atoms with Crippen molar-refractivity contribution < 1.29 is 9.47 Å². The van der Waals surface area contributed by atoms with Gasteiger partial charge in [-0.1, -0.05) is 12.1 Å².